The summed E-state index contributed by atoms with van der Waals surface area (Å²) in [6.07, 6.45) is 0. The van der Waals surface area contributed by atoms with Crippen LogP contribution in [-0.4, -0.2) is 19.3 Å². The summed E-state index contributed by atoms with van der Waals surface area (Å²) in [5, 5.41) is 3.30. The second-order valence-electron chi connectivity index (χ2n) is 4.45. The summed E-state index contributed by atoms with van der Waals surface area (Å²) >= 11 is 11.9. The molecule has 22 heavy (non-hydrogen) atoms. The summed E-state index contributed by atoms with van der Waals surface area (Å²) < 4.78 is 15.8. The summed E-state index contributed by atoms with van der Waals surface area (Å²) in [5.41, 5.74) is 0.438. The molecule has 5 nitrogen and oxygen atoms in total. The minimum absolute atomic E-state index is 0.164. The van der Waals surface area contributed by atoms with Crippen LogP contribution < -0.4 is 19.5 Å². The molecule has 7 heteroatoms. The zero-order valence-electron chi connectivity index (χ0n) is 11.3. The summed E-state index contributed by atoms with van der Waals surface area (Å²) in [6, 6.07) is 10.1. The van der Waals surface area contributed by atoms with E-state index in [1.165, 1.54) is 0 Å². The van der Waals surface area contributed by atoms with Gasteiger partial charge in [0.25, 0.3) is 5.91 Å². The van der Waals surface area contributed by atoms with Crippen LogP contribution in [0.3, 0.4) is 0 Å². The monoisotopic (exact) mass is 339 g/mol. The van der Waals surface area contributed by atoms with Crippen molar-refractivity contribution in [1.29, 1.82) is 0 Å². The lowest BCUT2D eigenvalue weighted by molar-refractivity contribution is -0.118. The van der Waals surface area contributed by atoms with Gasteiger partial charge in [-0.1, -0.05) is 29.3 Å². The van der Waals surface area contributed by atoms with Gasteiger partial charge in [0.05, 0.1) is 15.7 Å². The van der Waals surface area contributed by atoms with Gasteiger partial charge in [-0.25, -0.2) is 0 Å². The van der Waals surface area contributed by atoms with E-state index >= 15 is 0 Å². The van der Waals surface area contributed by atoms with Crippen molar-refractivity contribution in [3.63, 3.8) is 0 Å². The molecule has 0 saturated carbocycles. The molecule has 1 heterocycles. The number of hydrogen-bond acceptors (Lipinski definition) is 4. The van der Waals surface area contributed by atoms with Crippen molar-refractivity contribution in [2.75, 3.05) is 18.7 Å². The molecular formula is C15H11Cl2NO4. The topological polar surface area (TPSA) is 56.8 Å². The predicted octanol–water partition coefficient (Wildman–Crippen LogP) is 3.74. The molecule has 0 atom stereocenters. The Morgan fingerprint density at radius 3 is 2.86 bits per heavy atom. The third-order valence-electron chi connectivity index (χ3n) is 2.94. The number of amides is 1. The van der Waals surface area contributed by atoms with Crippen LogP contribution in [0, 0.1) is 0 Å². The van der Waals surface area contributed by atoms with Crippen molar-refractivity contribution in [1.82, 2.24) is 0 Å². The summed E-state index contributed by atoms with van der Waals surface area (Å²) in [5.74, 6) is 1.41. The van der Waals surface area contributed by atoms with E-state index in [0.29, 0.717) is 33.0 Å². The van der Waals surface area contributed by atoms with Gasteiger partial charge in [0, 0.05) is 6.07 Å². The maximum absolute atomic E-state index is 11.9. The second-order valence-corrected chi connectivity index (χ2v) is 5.24. The van der Waals surface area contributed by atoms with Crippen molar-refractivity contribution in [2.45, 2.75) is 0 Å². The summed E-state index contributed by atoms with van der Waals surface area (Å²) in [6.45, 7) is 0.0228. The van der Waals surface area contributed by atoms with Gasteiger partial charge in [0.2, 0.25) is 6.79 Å². The van der Waals surface area contributed by atoms with Gasteiger partial charge >= 0.3 is 0 Å². The fraction of sp³-hybridized carbons (Fsp3) is 0.133. The van der Waals surface area contributed by atoms with Gasteiger partial charge < -0.3 is 19.5 Å². The van der Waals surface area contributed by atoms with Gasteiger partial charge in [-0.3, -0.25) is 4.79 Å². The Kier molecular flexibility index (Phi) is 4.27. The first-order valence-electron chi connectivity index (χ1n) is 6.40. The molecule has 1 aliphatic heterocycles. The number of benzene rings is 2. The molecule has 3 rings (SSSR count). The van der Waals surface area contributed by atoms with Crippen LogP contribution >= 0.6 is 23.2 Å². The molecule has 2 aromatic rings. The fourth-order valence-corrected chi connectivity index (χ4v) is 2.25. The van der Waals surface area contributed by atoms with Crippen LogP contribution in [0.2, 0.25) is 10.0 Å². The van der Waals surface area contributed by atoms with Gasteiger partial charge in [-0.05, 0) is 24.3 Å². The number of fused-ring (bicyclic) bond motifs is 1. The first-order chi connectivity index (χ1) is 10.6. The molecule has 0 fully saturated rings. The van der Waals surface area contributed by atoms with E-state index in [-0.39, 0.29) is 19.3 Å². The van der Waals surface area contributed by atoms with Crippen LogP contribution in [0.4, 0.5) is 5.69 Å². The standard InChI is InChI=1S/C15H11Cl2NO4/c16-10-2-1-3-11(15(10)17)18-14(19)7-20-9-4-5-12-13(6-9)22-8-21-12/h1-6H,7-8H2,(H,18,19). The van der Waals surface area contributed by atoms with Crippen molar-refractivity contribution >= 4 is 34.8 Å². The van der Waals surface area contributed by atoms with Crippen LogP contribution in [0.15, 0.2) is 36.4 Å². The first-order valence-corrected chi connectivity index (χ1v) is 7.15. The molecule has 0 bridgehead atoms. The highest BCUT2D eigenvalue weighted by atomic mass is 35.5. The highest BCUT2D eigenvalue weighted by Gasteiger charge is 2.14. The number of anilines is 1. The van der Waals surface area contributed by atoms with E-state index in [9.17, 15) is 4.79 Å². The minimum atomic E-state index is -0.346. The number of halogens is 2. The molecule has 1 N–H and O–H groups in total. The van der Waals surface area contributed by atoms with Gasteiger partial charge in [0.15, 0.2) is 18.1 Å². The van der Waals surface area contributed by atoms with E-state index in [4.69, 9.17) is 37.4 Å². The quantitative estimate of drug-likeness (QED) is 0.921. The molecule has 0 unspecified atom stereocenters. The van der Waals surface area contributed by atoms with Crippen LogP contribution in [0.25, 0.3) is 0 Å². The Balaban J connectivity index is 1.59. The number of carbonyl (C=O) groups excluding carboxylic acids is 1. The van der Waals surface area contributed by atoms with E-state index in [1.54, 1.807) is 36.4 Å². The van der Waals surface area contributed by atoms with Crippen molar-refractivity contribution in [2.24, 2.45) is 0 Å². The Morgan fingerprint density at radius 2 is 2.00 bits per heavy atom. The van der Waals surface area contributed by atoms with Crippen LogP contribution in [0.5, 0.6) is 17.2 Å². The average molecular weight is 340 g/mol. The van der Waals surface area contributed by atoms with Gasteiger partial charge in [-0.2, -0.15) is 0 Å². The Bertz CT molecular complexity index is 721. The molecule has 1 aliphatic rings. The molecule has 0 saturated heterocycles. The van der Waals surface area contributed by atoms with E-state index in [0.717, 1.165) is 0 Å². The fourth-order valence-electron chi connectivity index (χ4n) is 1.90. The third-order valence-corrected chi connectivity index (χ3v) is 3.76. The highest BCUT2D eigenvalue weighted by molar-refractivity contribution is 6.43. The predicted molar refractivity (Wildman–Crippen MR) is 83.2 cm³/mol. The Hall–Kier alpha value is -2.11. The lowest BCUT2D eigenvalue weighted by Gasteiger charge is -2.09. The SMILES string of the molecule is O=C(COc1ccc2c(c1)OCO2)Nc1cccc(Cl)c1Cl. The highest BCUT2D eigenvalue weighted by Crippen LogP contribution is 2.35. The largest absolute Gasteiger partial charge is 0.484 e. The normalized spacial score (nSPS) is 12.1. The summed E-state index contributed by atoms with van der Waals surface area (Å²) in [4.78, 5) is 11.9. The first kappa shape index (κ1) is 14.8. The van der Waals surface area contributed by atoms with Gasteiger partial charge in [0.1, 0.15) is 5.75 Å². The lowest BCUT2D eigenvalue weighted by atomic mass is 10.3. The second kappa shape index (κ2) is 6.34. The number of nitrogens with one attached hydrogen (secondary N) is 1. The minimum Gasteiger partial charge on any atom is -0.484 e. The molecule has 0 spiro atoms. The number of carbonyl (C=O) groups is 1. The molecule has 0 radical (unpaired) electrons. The molecule has 1 amide bonds. The number of rotatable bonds is 4. The Labute approximate surface area is 136 Å². The van der Waals surface area contributed by atoms with E-state index in [2.05, 4.69) is 5.32 Å². The Morgan fingerprint density at radius 1 is 1.18 bits per heavy atom. The number of hydrogen-bond donors (Lipinski definition) is 1. The molecule has 0 aromatic heterocycles. The van der Waals surface area contributed by atoms with Crippen molar-refractivity contribution < 1.29 is 19.0 Å². The molecule has 0 aliphatic carbocycles. The number of ether oxygens (including phenoxy) is 3. The smallest absolute Gasteiger partial charge is 0.262 e. The third kappa shape index (κ3) is 3.21. The zero-order valence-corrected chi connectivity index (χ0v) is 12.8. The van der Waals surface area contributed by atoms with Crippen molar-refractivity contribution in [3.05, 3.63) is 46.4 Å². The van der Waals surface area contributed by atoms with E-state index < -0.39 is 0 Å². The van der Waals surface area contributed by atoms with E-state index in [1.807, 2.05) is 0 Å². The van der Waals surface area contributed by atoms with Gasteiger partial charge in [-0.15, -0.1) is 0 Å². The maximum Gasteiger partial charge on any atom is 0.262 e. The average Bonchev–Trinajstić information content (AvgIpc) is 2.97. The van der Waals surface area contributed by atoms with Crippen molar-refractivity contribution in [3.8, 4) is 17.2 Å². The molecular weight excluding hydrogens is 329 g/mol. The van der Waals surface area contributed by atoms with Crippen LogP contribution in [-0.2, 0) is 4.79 Å². The molecule has 2 aromatic carbocycles. The zero-order chi connectivity index (χ0) is 15.5. The van der Waals surface area contributed by atoms with Crippen LogP contribution in [0.1, 0.15) is 0 Å². The maximum atomic E-state index is 11.9. The summed E-state index contributed by atoms with van der Waals surface area (Å²) in [7, 11) is 0. The molecule has 114 valence electrons. The lowest BCUT2D eigenvalue weighted by Crippen LogP contribution is -2.20.